The highest BCUT2D eigenvalue weighted by Gasteiger charge is 2.32. The van der Waals surface area contributed by atoms with Crippen LogP contribution in [0, 0.1) is 6.92 Å². The predicted octanol–water partition coefficient (Wildman–Crippen LogP) is 3.14. The van der Waals surface area contributed by atoms with E-state index in [-0.39, 0.29) is 5.97 Å². The van der Waals surface area contributed by atoms with Crippen molar-refractivity contribution in [2.75, 3.05) is 18.1 Å². The minimum atomic E-state index is -0.710. The van der Waals surface area contributed by atoms with Crippen LogP contribution in [0.15, 0.2) is 42.5 Å². The summed E-state index contributed by atoms with van der Waals surface area (Å²) < 4.78 is 11.0. The molecule has 3 rings (SSSR count). The maximum Gasteiger partial charge on any atom is 0.349 e. The fraction of sp³-hybridized carbons (Fsp3) is 0.300. The number of aldehydes is 1. The highest BCUT2D eigenvalue weighted by molar-refractivity contribution is 5.83. The molecule has 1 unspecified atom stereocenters. The summed E-state index contributed by atoms with van der Waals surface area (Å²) in [6, 6.07) is 13.7. The number of esters is 1. The van der Waals surface area contributed by atoms with E-state index in [1.54, 1.807) is 13.0 Å². The van der Waals surface area contributed by atoms with Gasteiger partial charge < -0.3 is 14.4 Å². The van der Waals surface area contributed by atoms with Crippen LogP contribution in [-0.2, 0) is 16.1 Å². The summed E-state index contributed by atoms with van der Waals surface area (Å²) in [5.41, 5.74) is 3.45. The van der Waals surface area contributed by atoms with E-state index in [1.165, 1.54) is 0 Å². The van der Waals surface area contributed by atoms with Crippen LogP contribution in [0.5, 0.6) is 5.75 Å². The molecule has 0 fully saturated rings. The van der Waals surface area contributed by atoms with Crippen LogP contribution in [-0.4, -0.2) is 31.5 Å². The monoisotopic (exact) mass is 339 g/mol. The molecule has 25 heavy (non-hydrogen) atoms. The zero-order valence-electron chi connectivity index (χ0n) is 14.4. The van der Waals surface area contributed by atoms with Crippen molar-refractivity contribution in [1.82, 2.24) is 0 Å². The largest absolute Gasteiger partial charge is 0.475 e. The van der Waals surface area contributed by atoms with Gasteiger partial charge in [0.25, 0.3) is 0 Å². The molecule has 1 heterocycles. The van der Waals surface area contributed by atoms with E-state index in [0.29, 0.717) is 31.0 Å². The molecule has 0 aromatic heterocycles. The number of nitrogens with zero attached hydrogens (tertiary/aromatic N) is 1. The quantitative estimate of drug-likeness (QED) is 0.619. The summed E-state index contributed by atoms with van der Waals surface area (Å²) in [5.74, 6) is 0.146. The lowest BCUT2D eigenvalue weighted by Crippen LogP contribution is -2.45. The van der Waals surface area contributed by atoms with Gasteiger partial charge >= 0.3 is 5.97 Å². The number of hydrogen-bond acceptors (Lipinski definition) is 5. The van der Waals surface area contributed by atoms with Gasteiger partial charge in [-0.1, -0.05) is 30.3 Å². The standard InChI is InChI=1S/C20H21NO4/c1-3-24-20(23)19-12-21(11-15-7-5-4-6-8-15)17-9-14(2)16(13-22)10-18(17)25-19/h4-10,13,19H,3,11-12H2,1-2H3. The minimum Gasteiger partial charge on any atom is -0.475 e. The van der Waals surface area contributed by atoms with E-state index in [4.69, 9.17) is 9.47 Å². The summed E-state index contributed by atoms with van der Waals surface area (Å²) >= 11 is 0. The van der Waals surface area contributed by atoms with Gasteiger partial charge in [0.05, 0.1) is 18.8 Å². The maximum absolute atomic E-state index is 12.2. The molecule has 0 bridgehead atoms. The van der Waals surface area contributed by atoms with Gasteiger partial charge in [-0.15, -0.1) is 0 Å². The average Bonchev–Trinajstić information content (AvgIpc) is 2.62. The Balaban J connectivity index is 1.96. The average molecular weight is 339 g/mol. The van der Waals surface area contributed by atoms with Crippen molar-refractivity contribution in [3.05, 3.63) is 59.2 Å². The number of ether oxygens (including phenoxy) is 2. The SMILES string of the molecule is CCOC(=O)C1CN(Cc2ccccc2)c2cc(C)c(C=O)cc2O1. The molecule has 5 nitrogen and oxygen atoms in total. The molecule has 0 N–H and O–H groups in total. The first-order valence-electron chi connectivity index (χ1n) is 8.34. The Morgan fingerprint density at radius 2 is 2.08 bits per heavy atom. The van der Waals surface area contributed by atoms with Crippen LogP contribution in [0.2, 0.25) is 0 Å². The van der Waals surface area contributed by atoms with Gasteiger partial charge in [-0.2, -0.15) is 0 Å². The van der Waals surface area contributed by atoms with E-state index < -0.39 is 6.10 Å². The zero-order valence-corrected chi connectivity index (χ0v) is 14.4. The predicted molar refractivity (Wildman–Crippen MR) is 95.1 cm³/mol. The number of carbonyl (C=O) groups is 2. The Morgan fingerprint density at radius 1 is 1.32 bits per heavy atom. The molecule has 0 saturated heterocycles. The molecule has 0 amide bonds. The summed E-state index contributed by atoms with van der Waals surface area (Å²) in [7, 11) is 0. The van der Waals surface area contributed by atoms with Crippen molar-refractivity contribution in [1.29, 1.82) is 0 Å². The van der Waals surface area contributed by atoms with Crippen LogP contribution in [0.1, 0.15) is 28.4 Å². The third-order valence-electron chi connectivity index (χ3n) is 4.24. The van der Waals surface area contributed by atoms with Gasteiger partial charge in [0.1, 0.15) is 12.0 Å². The first-order chi connectivity index (χ1) is 12.1. The Morgan fingerprint density at radius 3 is 2.76 bits per heavy atom. The number of hydrogen-bond donors (Lipinski definition) is 0. The molecule has 0 aliphatic carbocycles. The Kier molecular flexibility index (Phi) is 5.03. The second-order valence-electron chi connectivity index (χ2n) is 6.02. The van der Waals surface area contributed by atoms with Gasteiger partial charge in [-0.3, -0.25) is 4.79 Å². The van der Waals surface area contributed by atoms with Crippen LogP contribution in [0.25, 0.3) is 0 Å². The molecule has 0 saturated carbocycles. The third-order valence-corrected chi connectivity index (χ3v) is 4.24. The molecular formula is C20H21NO4. The van der Waals surface area contributed by atoms with E-state index in [0.717, 1.165) is 23.1 Å². The van der Waals surface area contributed by atoms with Gasteiger partial charge in [-0.05, 0) is 37.1 Å². The van der Waals surface area contributed by atoms with Crippen molar-refractivity contribution < 1.29 is 19.1 Å². The smallest absolute Gasteiger partial charge is 0.349 e. The third kappa shape index (κ3) is 3.65. The molecule has 5 heteroatoms. The van der Waals surface area contributed by atoms with Crippen LogP contribution < -0.4 is 9.64 Å². The van der Waals surface area contributed by atoms with Gasteiger partial charge in [-0.25, -0.2) is 4.79 Å². The van der Waals surface area contributed by atoms with Gasteiger partial charge in [0.15, 0.2) is 0 Å². The second kappa shape index (κ2) is 7.38. The van der Waals surface area contributed by atoms with E-state index >= 15 is 0 Å². The molecule has 1 aliphatic rings. The molecule has 1 aliphatic heterocycles. The number of benzene rings is 2. The second-order valence-corrected chi connectivity index (χ2v) is 6.02. The topological polar surface area (TPSA) is 55.8 Å². The van der Waals surface area contributed by atoms with Crippen LogP contribution in [0.3, 0.4) is 0 Å². The van der Waals surface area contributed by atoms with Crippen molar-refractivity contribution in [2.45, 2.75) is 26.5 Å². The molecule has 1 atom stereocenters. The summed E-state index contributed by atoms with van der Waals surface area (Å²) in [4.78, 5) is 25.5. The van der Waals surface area contributed by atoms with Crippen molar-refractivity contribution in [3.8, 4) is 5.75 Å². The number of aryl methyl sites for hydroxylation is 1. The summed E-state index contributed by atoms with van der Waals surface area (Å²) in [6.45, 7) is 5.01. The number of carbonyl (C=O) groups excluding carboxylic acids is 2. The Bertz CT molecular complexity index is 773. The van der Waals surface area contributed by atoms with Gasteiger partial charge in [0, 0.05) is 12.1 Å². The van der Waals surface area contributed by atoms with E-state index in [1.807, 2.05) is 43.3 Å². The highest BCUT2D eigenvalue weighted by Crippen LogP contribution is 2.36. The Hall–Kier alpha value is -2.82. The lowest BCUT2D eigenvalue weighted by atomic mass is 10.0. The minimum absolute atomic E-state index is 0.303. The maximum atomic E-state index is 12.2. The fourth-order valence-corrected chi connectivity index (χ4v) is 2.96. The lowest BCUT2D eigenvalue weighted by Gasteiger charge is -2.35. The molecule has 0 spiro atoms. The van der Waals surface area contributed by atoms with Crippen LogP contribution in [0.4, 0.5) is 5.69 Å². The van der Waals surface area contributed by atoms with Crippen LogP contribution >= 0.6 is 0 Å². The molecule has 2 aromatic carbocycles. The number of rotatable bonds is 5. The summed E-state index contributed by atoms with van der Waals surface area (Å²) in [6.07, 6.45) is 0.0902. The van der Waals surface area contributed by atoms with E-state index in [9.17, 15) is 9.59 Å². The fourth-order valence-electron chi connectivity index (χ4n) is 2.96. The zero-order chi connectivity index (χ0) is 17.8. The number of anilines is 1. The molecule has 130 valence electrons. The normalized spacial score (nSPS) is 15.9. The van der Waals surface area contributed by atoms with Crippen molar-refractivity contribution in [3.63, 3.8) is 0 Å². The summed E-state index contributed by atoms with van der Waals surface area (Å²) in [5, 5.41) is 0. The number of fused-ring (bicyclic) bond motifs is 1. The van der Waals surface area contributed by atoms with Crippen molar-refractivity contribution in [2.24, 2.45) is 0 Å². The first kappa shape index (κ1) is 17.0. The van der Waals surface area contributed by atoms with E-state index in [2.05, 4.69) is 4.90 Å². The highest BCUT2D eigenvalue weighted by atomic mass is 16.6. The molecular weight excluding hydrogens is 318 g/mol. The molecule has 2 aromatic rings. The lowest BCUT2D eigenvalue weighted by molar-refractivity contribution is -0.151. The van der Waals surface area contributed by atoms with Crippen molar-refractivity contribution >= 4 is 17.9 Å². The molecule has 0 radical (unpaired) electrons. The van der Waals surface area contributed by atoms with Gasteiger partial charge in [0.2, 0.25) is 6.10 Å². The first-order valence-corrected chi connectivity index (χ1v) is 8.34. The Labute approximate surface area is 147 Å².